The maximum atomic E-state index is 12.0. The van der Waals surface area contributed by atoms with Gasteiger partial charge >= 0.3 is 0 Å². The molecule has 1 heterocycles. The predicted octanol–water partition coefficient (Wildman–Crippen LogP) is 2.87. The lowest BCUT2D eigenvalue weighted by Gasteiger charge is -2.12. The molecule has 23 heavy (non-hydrogen) atoms. The average Bonchev–Trinajstić information content (AvgIpc) is 3.03. The number of nitrogens with zero attached hydrogens (tertiary/aromatic N) is 1. The van der Waals surface area contributed by atoms with E-state index in [1.165, 1.54) is 11.3 Å². The number of methoxy groups -OCH3 is 1. The van der Waals surface area contributed by atoms with Gasteiger partial charge in [-0.1, -0.05) is 37.3 Å². The van der Waals surface area contributed by atoms with Gasteiger partial charge in [0.1, 0.15) is 10.7 Å². The van der Waals surface area contributed by atoms with Gasteiger partial charge in [-0.3, -0.25) is 4.79 Å². The molecule has 0 saturated heterocycles. The van der Waals surface area contributed by atoms with Gasteiger partial charge in [0.25, 0.3) is 5.91 Å². The molecule has 6 heteroatoms. The fourth-order valence-corrected chi connectivity index (χ4v) is 2.72. The number of hydrogen-bond donors (Lipinski definition) is 1. The minimum absolute atomic E-state index is 0.154. The van der Waals surface area contributed by atoms with Crippen molar-refractivity contribution in [3.63, 3.8) is 0 Å². The molecule has 2 rings (SSSR count). The summed E-state index contributed by atoms with van der Waals surface area (Å²) in [6, 6.07) is 10.0. The summed E-state index contributed by atoms with van der Waals surface area (Å²) in [6.07, 6.45) is 0. The van der Waals surface area contributed by atoms with E-state index < -0.39 is 0 Å². The second kappa shape index (κ2) is 9.39. The van der Waals surface area contributed by atoms with Gasteiger partial charge in [-0.15, -0.1) is 11.3 Å². The van der Waals surface area contributed by atoms with Crippen LogP contribution in [-0.2, 0) is 22.7 Å². The van der Waals surface area contributed by atoms with Crippen molar-refractivity contribution in [1.82, 2.24) is 10.3 Å². The number of aromatic nitrogens is 1. The highest BCUT2D eigenvalue weighted by molar-refractivity contribution is 7.09. The Morgan fingerprint density at radius 3 is 2.83 bits per heavy atom. The molecule has 1 aromatic carbocycles. The first-order valence-electron chi connectivity index (χ1n) is 7.52. The standard InChI is InChI=1S/C17H22N2O3S/c1-13(9-22-10-14-6-4-3-5-7-14)8-18-17(20)15-12-23-16(19-15)11-21-2/h3-7,12-13H,8-11H2,1-2H3,(H,18,20). The van der Waals surface area contributed by atoms with E-state index in [4.69, 9.17) is 9.47 Å². The number of carbonyl (C=O) groups excluding carboxylic acids is 1. The van der Waals surface area contributed by atoms with Crippen molar-refractivity contribution < 1.29 is 14.3 Å². The van der Waals surface area contributed by atoms with Crippen LogP contribution in [-0.4, -0.2) is 31.2 Å². The molecule has 0 aliphatic heterocycles. The van der Waals surface area contributed by atoms with E-state index in [1.54, 1.807) is 12.5 Å². The second-order valence-electron chi connectivity index (χ2n) is 5.38. The lowest BCUT2D eigenvalue weighted by Crippen LogP contribution is -2.30. The predicted molar refractivity (Wildman–Crippen MR) is 90.4 cm³/mol. The minimum atomic E-state index is -0.154. The van der Waals surface area contributed by atoms with Gasteiger partial charge in [-0.25, -0.2) is 4.98 Å². The van der Waals surface area contributed by atoms with Gasteiger partial charge in [0.15, 0.2) is 0 Å². The number of hydrogen-bond acceptors (Lipinski definition) is 5. The van der Waals surface area contributed by atoms with Gasteiger partial charge in [0, 0.05) is 19.0 Å². The zero-order chi connectivity index (χ0) is 16.5. The summed E-state index contributed by atoms with van der Waals surface area (Å²) < 4.78 is 10.7. The van der Waals surface area contributed by atoms with E-state index in [0.29, 0.717) is 32.1 Å². The Balaban J connectivity index is 1.66. The van der Waals surface area contributed by atoms with Crippen LogP contribution in [0.5, 0.6) is 0 Å². The van der Waals surface area contributed by atoms with Gasteiger partial charge < -0.3 is 14.8 Å². The monoisotopic (exact) mass is 334 g/mol. The molecule has 1 N–H and O–H groups in total. The van der Waals surface area contributed by atoms with Gasteiger partial charge in [0.05, 0.1) is 19.8 Å². The van der Waals surface area contributed by atoms with E-state index in [-0.39, 0.29) is 11.8 Å². The Morgan fingerprint density at radius 2 is 2.09 bits per heavy atom. The molecule has 1 amide bonds. The number of benzene rings is 1. The maximum absolute atomic E-state index is 12.0. The molecule has 0 aliphatic rings. The summed E-state index contributed by atoms with van der Waals surface area (Å²) >= 11 is 1.43. The zero-order valence-corrected chi connectivity index (χ0v) is 14.3. The normalized spacial score (nSPS) is 12.1. The Labute approximate surface area is 140 Å². The van der Waals surface area contributed by atoms with Crippen LogP contribution in [0, 0.1) is 5.92 Å². The Bertz CT molecular complexity index is 601. The highest BCUT2D eigenvalue weighted by Gasteiger charge is 2.12. The van der Waals surface area contributed by atoms with Crippen molar-refractivity contribution in [2.75, 3.05) is 20.3 Å². The van der Waals surface area contributed by atoms with Crippen molar-refractivity contribution in [1.29, 1.82) is 0 Å². The summed E-state index contributed by atoms with van der Waals surface area (Å²) in [5, 5.41) is 5.44. The lowest BCUT2D eigenvalue weighted by molar-refractivity contribution is 0.0841. The van der Waals surface area contributed by atoms with Crippen LogP contribution in [0.15, 0.2) is 35.7 Å². The van der Waals surface area contributed by atoms with Crippen LogP contribution in [0.3, 0.4) is 0 Å². The van der Waals surface area contributed by atoms with Crippen molar-refractivity contribution in [3.8, 4) is 0 Å². The molecular formula is C17H22N2O3S. The van der Waals surface area contributed by atoms with Crippen molar-refractivity contribution in [3.05, 3.63) is 52.0 Å². The Hall–Kier alpha value is -1.76. The molecule has 1 unspecified atom stereocenters. The third-order valence-corrected chi connectivity index (χ3v) is 4.00. The summed E-state index contributed by atoms with van der Waals surface area (Å²) in [5.74, 6) is 0.0817. The highest BCUT2D eigenvalue weighted by atomic mass is 32.1. The second-order valence-corrected chi connectivity index (χ2v) is 6.32. The molecule has 0 saturated carbocycles. The highest BCUT2D eigenvalue weighted by Crippen LogP contribution is 2.10. The largest absolute Gasteiger partial charge is 0.378 e. The molecule has 0 bridgehead atoms. The van der Waals surface area contributed by atoms with Crippen LogP contribution in [0.2, 0.25) is 0 Å². The average molecular weight is 334 g/mol. The summed E-state index contributed by atoms with van der Waals surface area (Å²) in [7, 11) is 1.61. The third kappa shape index (κ3) is 6.09. The lowest BCUT2D eigenvalue weighted by atomic mass is 10.2. The van der Waals surface area contributed by atoms with Crippen molar-refractivity contribution in [2.24, 2.45) is 5.92 Å². The molecule has 0 radical (unpaired) electrons. The molecule has 5 nitrogen and oxygen atoms in total. The SMILES string of the molecule is COCc1nc(C(=O)NCC(C)COCc2ccccc2)cs1. The summed E-state index contributed by atoms with van der Waals surface area (Å²) in [6.45, 7) is 4.22. The molecule has 0 fully saturated rings. The van der Waals surface area contributed by atoms with E-state index in [0.717, 1.165) is 10.6 Å². The van der Waals surface area contributed by atoms with E-state index in [1.807, 2.05) is 37.3 Å². The quantitative estimate of drug-likeness (QED) is 0.766. The summed E-state index contributed by atoms with van der Waals surface area (Å²) in [4.78, 5) is 16.2. The van der Waals surface area contributed by atoms with Crippen LogP contribution >= 0.6 is 11.3 Å². The number of carbonyl (C=O) groups is 1. The summed E-state index contributed by atoms with van der Waals surface area (Å²) in [5.41, 5.74) is 1.59. The van der Waals surface area contributed by atoms with Gasteiger partial charge in [-0.2, -0.15) is 0 Å². The number of ether oxygens (including phenoxy) is 2. The first-order valence-corrected chi connectivity index (χ1v) is 8.40. The molecule has 1 aromatic heterocycles. The maximum Gasteiger partial charge on any atom is 0.270 e. The Kier molecular flexibility index (Phi) is 7.19. The van der Waals surface area contributed by atoms with E-state index in [2.05, 4.69) is 10.3 Å². The van der Waals surface area contributed by atoms with E-state index >= 15 is 0 Å². The molecule has 0 spiro atoms. The van der Waals surface area contributed by atoms with Crippen molar-refractivity contribution in [2.45, 2.75) is 20.1 Å². The molecule has 1 atom stereocenters. The van der Waals surface area contributed by atoms with E-state index in [9.17, 15) is 4.79 Å². The molecule has 2 aromatic rings. The molecule has 124 valence electrons. The van der Waals surface area contributed by atoms with Gasteiger partial charge in [0.2, 0.25) is 0 Å². The van der Waals surface area contributed by atoms with Crippen LogP contribution in [0.1, 0.15) is 28.0 Å². The Morgan fingerprint density at radius 1 is 1.30 bits per heavy atom. The number of thiazole rings is 1. The number of nitrogens with one attached hydrogen (secondary N) is 1. The van der Waals surface area contributed by atoms with Crippen LogP contribution < -0.4 is 5.32 Å². The topological polar surface area (TPSA) is 60.5 Å². The minimum Gasteiger partial charge on any atom is -0.378 e. The first-order chi connectivity index (χ1) is 11.2. The van der Waals surface area contributed by atoms with Crippen LogP contribution in [0.25, 0.3) is 0 Å². The number of rotatable bonds is 9. The smallest absolute Gasteiger partial charge is 0.270 e. The fraction of sp³-hybridized carbons (Fsp3) is 0.412. The zero-order valence-electron chi connectivity index (χ0n) is 13.5. The first kappa shape index (κ1) is 17.6. The van der Waals surface area contributed by atoms with Crippen molar-refractivity contribution >= 4 is 17.2 Å². The molecular weight excluding hydrogens is 312 g/mol. The third-order valence-electron chi connectivity index (χ3n) is 3.18. The van der Waals surface area contributed by atoms with Gasteiger partial charge in [-0.05, 0) is 11.5 Å². The molecule has 0 aliphatic carbocycles. The van der Waals surface area contributed by atoms with Crippen LogP contribution in [0.4, 0.5) is 0 Å². The fourth-order valence-electron chi connectivity index (χ4n) is 1.97. The number of amides is 1.